The summed E-state index contributed by atoms with van der Waals surface area (Å²) in [5.41, 5.74) is 16.5. The highest BCUT2D eigenvalue weighted by molar-refractivity contribution is 5.94. The Hall–Kier alpha value is -2.86. The summed E-state index contributed by atoms with van der Waals surface area (Å²) in [6, 6.07) is 4.88. The summed E-state index contributed by atoms with van der Waals surface area (Å²) in [4.78, 5) is 25.4. The molecule has 1 saturated carbocycles. The van der Waals surface area contributed by atoms with E-state index in [1.54, 1.807) is 57.2 Å². The summed E-state index contributed by atoms with van der Waals surface area (Å²) in [5.74, 6) is -0.0812. The lowest BCUT2D eigenvalue weighted by Crippen LogP contribution is -2.69. The molecule has 2 heterocycles. The lowest BCUT2D eigenvalue weighted by molar-refractivity contribution is -0.302. The molecule has 45 heavy (non-hydrogen) atoms. The molecule has 252 valence electrons. The number of carbonyl (C=O) groups excluding carboxylic acids is 2. The molecule has 2 amide bonds. The summed E-state index contributed by atoms with van der Waals surface area (Å²) in [7, 11) is 0. The third-order valence-corrected chi connectivity index (χ3v) is 7.90. The molecule has 11 atom stereocenters. The Kier molecular flexibility index (Phi) is 11.1. The smallest absolute Gasteiger partial charge is 0.408 e. The average Bonchev–Trinajstić information content (AvgIpc) is 2.96. The highest BCUT2D eigenvalue weighted by Crippen LogP contribution is 2.32. The summed E-state index contributed by atoms with van der Waals surface area (Å²) < 4.78 is 29.1. The largest absolute Gasteiger partial charge is 0.466 e. The van der Waals surface area contributed by atoms with Crippen LogP contribution >= 0.6 is 0 Å². The van der Waals surface area contributed by atoms with Crippen LogP contribution < -0.4 is 27.8 Å². The van der Waals surface area contributed by atoms with Gasteiger partial charge >= 0.3 is 6.09 Å². The number of hydrogen-bond donors (Lipinski definition) is 8. The van der Waals surface area contributed by atoms with Crippen LogP contribution in [-0.4, -0.2) is 113 Å². The van der Waals surface area contributed by atoms with Gasteiger partial charge in [0.15, 0.2) is 6.29 Å². The van der Waals surface area contributed by atoms with Gasteiger partial charge in [0, 0.05) is 17.6 Å². The summed E-state index contributed by atoms with van der Waals surface area (Å²) >= 11 is 0. The Morgan fingerprint density at radius 1 is 1.02 bits per heavy atom. The van der Waals surface area contributed by atoms with Crippen molar-refractivity contribution in [3.8, 4) is 0 Å². The molecule has 1 aromatic rings. The number of aliphatic hydroxyl groups is 3. The van der Waals surface area contributed by atoms with Crippen LogP contribution in [0.4, 0.5) is 4.79 Å². The van der Waals surface area contributed by atoms with Crippen molar-refractivity contribution in [2.75, 3.05) is 13.2 Å². The highest BCUT2D eigenvalue weighted by Gasteiger charge is 2.52. The van der Waals surface area contributed by atoms with Gasteiger partial charge in [-0.15, -0.1) is 0 Å². The maximum Gasteiger partial charge on any atom is 0.408 e. The fraction of sp³-hybridized carbons (Fsp3) is 0.667. The third kappa shape index (κ3) is 8.69. The minimum absolute atomic E-state index is 0.0809. The average molecular weight is 638 g/mol. The second-order valence-corrected chi connectivity index (χ2v) is 12.9. The Morgan fingerprint density at radius 3 is 2.24 bits per heavy atom. The zero-order valence-electron chi connectivity index (χ0n) is 26.0. The van der Waals surface area contributed by atoms with Crippen LogP contribution in [0.25, 0.3) is 0 Å². The van der Waals surface area contributed by atoms with E-state index in [9.17, 15) is 24.9 Å². The number of nitrogens with one attached hydrogen (secondary N) is 2. The second-order valence-electron chi connectivity index (χ2n) is 12.9. The van der Waals surface area contributed by atoms with Gasteiger partial charge in [-0.05, 0) is 58.7 Å². The quantitative estimate of drug-likeness (QED) is 0.169. The zero-order valence-corrected chi connectivity index (χ0v) is 26.0. The molecule has 0 unspecified atom stereocenters. The first kappa shape index (κ1) is 35.0. The van der Waals surface area contributed by atoms with Crippen molar-refractivity contribution in [1.29, 1.82) is 0 Å². The van der Waals surface area contributed by atoms with E-state index in [1.165, 1.54) is 6.92 Å². The fourth-order valence-corrected chi connectivity index (χ4v) is 5.58. The second kappa shape index (κ2) is 14.3. The van der Waals surface area contributed by atoms with E-state index >= 15 is 0 Å². The van der Waals surface area contributed by atoms with Crippen molar-refractivity contribution in [1.82, 2.24) is 10.6 Å². The minimum Gasteiger partial charge on any atom is -0.466 e. The predicted octanol–water partition coefficient (Wildman–Crippen LogP) is -1.07. The van der Waals surface area contributed by atoms with Crippen molar-refractivity contribution in [3.63, 3.8) is 0 Å². The third-order valence-electron chi connectivity index (χ3n) is 7.90. The van der Waals surface area contributed by atoms with Crippen molar-refractivity contribution in [3.05, 3.63) is 47.7 Å². The first-order chi connectivity index (χ1) is 21.1. The number of nitrogens with two attached hydrogens (primary N) is 3. The van der Waals surface area contributed by atoms with Gasteiger partial charge in [-0.1, -0.05) is 18.2 Å². The molecule has 1 aromatic carbocycles. The van der Waals surface area contributed by atoms with Crippen LogP contribution in [0.5, 0.6) is 0 Å². The lowest BCUT2D eigenvalue weighted by Gasteiger charge is -2.48. The van der Waals surface area contributed by atoms with Gasteiger partial charge in [-0.2, -0.15) is 0 Å². The fourth-order valence-electron chi connectivity index (χ4n) is 5.58. The monoisotopic (exact) mass is 637 g/mol. The topological polar surface area (TPSA) is 243 Å². The molecule has 1 aliphatic carbocycles. The predicted molar refractivity (Wildman–Crippen MR) is 160 cm³/mol. The zero-order chi connectivity index (χ0) is 33.1. The van der Waals surface area contributed by atoms with Gasteiger partial charge in [0.1, 0.15) is 41.4 Å². The Bertz CT molecular complexity index is 1200. The van der Waals surface area contributed by atoms with Crippen LogP contribution in [0.3, 0.4) is 0 Å². The molecule has 2 aliphatic heterocycles. The number of hydrogen-bond acceptors (Lipinski definition) is 13. The van der Waals surface area contributed by atoms with E-state index < -0.39 is 84.4 Å². The Balaban J connectivity index is 1.47. The van der Waals surface area contributed by atoms with Crippen molar-refractivity contribution >= 4 is 12.0 Å². The van der Waals surface area contributed by atoms with Crippen molar-refractivity contribution < 1.29 is 48.6 Å². The van der Waals surface area contributed by atoms with Crippen LogP contribution in [0, 0.1) is 0 Å². The standard InChI is InChI=1S/C30H47N5O10/c1-29(2,3)45-28(39)34-19-11-10-16(13-31)42-26(19)43-22-17(32)12-18(33)23(20(22)36)44-27-21(37)24(30(4,40)14-41-27)35-25(38)15-8-6-5-7-9-15/h5-10,17-24,26-27,36-37,40H,11-14,31-33H2,1-4H3,(H,34,39)(H,35,38)/t17-,18+,19+,20-,21+,22+,23-,24+,26+,27+,30-/m0/s1. The molecule has 0 aromatic heterocycles. The van der Waals surface area contributed by atoms with Crippen LogP contribution in [-0.2, 0) is 23.7 Å². The van der Waals surface area contributed by atoms with E-state index in [-0.39, 0.29) is 19.6 Å². The van der Waals surface area contributed by atoms with Gasteiger partial charge in [-0.25, -0.2) is 4.79 Å². The van der Waals surface area contributed by atoms with E-state index in [1.807, 2.05) is 0 Å². The minimum atomic E-state index is -1.65. The molecule has 3 aliphatic rings. The van der Waals surface area contributed by atoms with Crippen LogP contribution in [0.15, 0.2) is 42.2 Å². The maximum atomic E-state index is 12.9. The van der Waals surface area contributed by atoms with Crippen LogP contribution in [0.1, 0.15) is 50.9 Å². The van der Waals surface area contributed by atoms with Gasteiger partial charge < -0.3 is 66.8 Å². The summed E-state index contributed by atoms with van der Waals surface area (Å²) in [5, 5.41) is 39.0. The van der Waals surface area contributed by atoms with Gasteiger partial charge in [0.25, 0.3) is 5.91 Å². The molecule has 4 rings (SSSR count). The molecule has 0 spiro atoms. The molecule has 11 N–H and O–H groups in total. The van der Waals surface area contributed by atoms with Gasteiger partial charge in [0.2, 0.25) is 6.29 Å². The van der Waals surface area contributed by atoms with Crippen LogP contribution in [0.2, 0.25) is 0 Å². The van der Waals surface area contributed by atoms with E-state index in [4.69, 9.17) is 40.9 Å². The number of carbonyl (C=O) groups is 2. The maximum absolute atomic E-state index is 12.9. The molecule has 2 fully saturated rings. The van der Waals surface area contributed by atoms with Gasteiger partial charge in [0.05, 0.1) is 25.2 Å². The van der Waals surface area contributed by atoms with Crippen molar-refractivity contribution in [2.24, 2.45) is 17.2 Å². The van der Waals surface area contributed by atoms with E-state index in [0.29, 0.717) is 17.7 Å². The number of rotatable bonds is 8. The molecule has 15 nitrogen and oxygen atoms in total. The van der Waals surface area contributed by atoms with E-state index in [0.717, 1.165) is 0 Å². The Morgan fingerprint density at radius 2 is 1.64 bits per heavy atom. The number of alkyl carbamates (subject to hydrolysis) is 1. The normalized spacial score (nSPS) is 37.2. The van der Waals surface area contributed by atoms with Crippen molar-refractivity contribution in [2.45, 2.75) is 113 Å². The number of aliphatic hydroxyl groups excluding tert-OH is 2. The summed E-state index contributed by atoms with van der Waals surface area (Å²) in [6.45, 7) is 6.41. The van der Waals surface area contributed by atoms with E-state index in [2.05, 4.69) is 10.6 Å². The highest BCUT2D eigenvalue weighted by atomic mass is 16.7. The number of amides is 2. The molecular weight excluding hydrogens is 590 g/mol. The Labute approximate surface area is 262 Å². The number of benzene rings is 1. The molecule has 0 radical (unpaired) electrons. The molecule has 0 bridgehead atoms. The lowest BCUT2D eigenvalue weighted by atomic mass is 9.84. The number of ether oxygens (including phenoxy) is 5. The van der Waals surface area contributed by atoms with Gasteiger partial charge in [-0.3, -0.25) is 4.79 Å². The molecule has 1 saturated heterocycles. The molecular formula is C30H47N5O10. The SMILES string of the molecule is CC(C)(C)OC(=O)N[C@@H]1CC=C(CN)O[C@@H]1O[C@H]1[C@H](O)[C@@H](O[C@H]2OC[C@](C)(O)[C@H](NC(=O)c3ccccc3)[C@H]2O)[C@H](N)C[C@@H]1N. The summed E-state index contributed by atoms with van der Waals surface area (Å²) in [6.07, 6.45) is -6.18. The first-order valence-corrected chi connectivity index (χ1v) is 15.0. The first-order valence-electron chi connectivity index (χ1n) is 15.0. The molecule has 15 heteroatoms.